The van der Waals surface area contributed by atoms with E-state index in [9.17, 15) is 5.21 Å². The minimum atomic E-state index is -0.322. The van der Waals surface area contributed by atoms with Gasteiger partial charge in [0.2, 0.25) is 0 Å². The molecule has 12 heavy (non-hydrogen) atoms. The van der Waals surface area contributed by atoms with Crippen molar-refractivity contribution in [1.29, 1.82) is 0 Å². The van der Waals surface area contributed by atoms with Gasteiger partial charge in [-0.2, -0.15) is 0 Å². The van der Waals surface area contributed by atoms with E-state index in [-0.39, 0.29) is 4.65 Å². The van der Waals surface area contributed by atoms with E-state index in [0.29, 0.717) is 13.2 Å². The Kier molecular flexibility index (Phi) is 2.68. The van der Waals surface area contributed by atoms with Crippen LogP contribution >= 0.6 is 0 Å². The van der Waals surface area contributed by atoms with Crippen molar-refractivity contribution >= 4 is 0 Å². The molecule has 3 heteroatoms. The van der Waals surface area contributed by atoms with Gasteiger partial charge < -0.3 is 14.8 Å². The van der Waals surface area contributed by atoms with Crippen LogP contribution in [0.15, 0.2) is 37.7 Å². The van der Waals surface area contributed by atoms with Crippen LogP contribution in [0, 0.1) is 5.21 Å². The van der Waals surface area contributed by atoms with Crippen LogP contribution in [-0.2, 0) is 0 Å². The van der Waals surface area contributed by atoms with E-state index in [2.05, 4.69) is 13.2 Å². The molecule has 0 aromatic rings. The quantitative estimate of drug-likeness (QED) is 0.358. The Labute approximate surface area is 73.1 Å². The van der Waals surface area contributed by atoms with Crippen LogP contribution in [0.1, 0.15) is 0 Å². The van der Waals surface area contributed by atoms with Crippen LogP contribution in [0.2, 0.25) is 0 Å². The first-order valence-corrected chi connectivity index (χ1v) is 3.93. The van der Waals surface area contributed by atoms with Gasteiger partial charge in [-0.25, -0.2) is 0 Å². The zero-order chi connectivity index (χ0) is 9.03. The lowest BCUT2D eigenvalue weighted by molar-refractivity contribution is -0.824. The normalized spacial score (nSPS) is 27.6. The summed E-state index contributed by atoms with van der Waals surface area (Å²) in [4.78, 5) is 1.93. The van der Waals surface area contributed by atoms with Crippen molar-refractivity contribution in [3.63, 3.8) is 0 Å². The predicted octanol–water partition coefficient (Wildman–Crippen LogP) is 1.42. The number of nitrogens with zero attached hydrogens (tertiary/aromatic N) is 2. The third-order valence-corrected chi connectivity index (χ3v) is 1.77. The lowest BCUT2D eigenvalue weighted by atomic mass is 10.5. The zero-order valence-corrected chi connectivity index (χ0v) is 7.15. The van der Waals surface area contributed by atoms with Crippen molar-refractivity contribution in [2.24, 2.45) is 0 Å². The molecule has 1 atom stereocenters. The second kappa shape index (κ2) is 3.56. The molecule has 3 nitrogen and oxygen atoms in total. The SMILES string of the molecule is C=CCN1C=C[N+]([O-])(CC=C)C1. The zero-order valence-electron chi connectivity index (χ0n) is 7.15. The minimum Gasteiger partial charge on any atom is -0.626 e. The molecule has 0 amide bonds. The molecule has 1 unspecified atom stereocenters. The smallest absolute Gasteiger partial charge is 0.158 e. The fourth-order valence-corrected chi connectivity index (χ4v) is 1.24. The van der Waals surface area contributed by atoms with Gasteiger partial charge >= 0.3 is 0 Å². The molecule has 1 rings (SSSR count). The maximum atomic E-state index is 11.7. The molecule has 0 bridgehead atoms. The Morgan fingerprint density at radius 2 is 2.25 bits per heavy atom. The highest BCUT2D eigenvalue weighted by Gasteiger charge is 2.20. The minimum absolute atomic E-state index is 0.322. The van der Waals surface area contributed by atoms with Crippen molar-refractivity contribution in [2.45, 2.75) is 0 Å². The third-order valence-electron chi connectivity index (χ3n) is 1.77. The largest absolute Gasteiger partial charge is 0.626 e. The van der Waals surface area contributed by atoms with Gasteiger partial charge in [0, 0.05) is 6.54 Å². The first kappa shape index (κ1) is 9.03. The molecule has 1 aliphatic rings. The van der Waals surface area contributed by atoms with Crippen molar-refractivity contribution in [2.75, 3.05) is 19.8 Å². The molecule has 0 aliphatic carbocycles. The van der Waals surface area contributed by atoms with Gasteiger partial charge in [-0.1, -0.05) is 12.7 Å². The van der Waals surface area contributed by atoms with E-state index >= 15 is 0 Å². The Morgan fingerprint density at radius 1 is 1.50 bits per heavy atom. The summed E-state index contributed by atoms with van der Waals surface area (Å²) in [5.41, 5.74) is 0. The second-order valence-electron chi connectivity index (χ2n) is 2.92. The van der Waals surface area contributed by atoms with E-state index in [1.54, 1.807) is 18.4 Å². The second-order valence-corrected chi connectivity index (χ2v) is 2.92. The fourth-order valence-electron chi connectivity index (χ4n) is 1.24. The van der Waals surface area contributed by atoms with Gasteiger partial charge in [0.05, 0.1) is 6.20 Å². The average Bonchev–Trinajstić information content (AvgIpc) is 2.34. The molecule has 0 aromatic heterocycles. The summed E-state index contributed by atoms with van der Waals surface area (Å²) in [6, 6.07) is 0. The standard InChI is InChI=1S/C9H14N2O/c1-3-5-10-6-8-11(12,9-10)7-4-2/h3-4,6,8H,1-2,5,7,9H2. The molecule has 0 spiro atoms. The molecule has 1 aliphatic heterocycles. The Morgan fingerprint density at radius 3 is 2.83 bits per heavy atom. The third kappa shape index (κ3) is 1.96. The number of hydrogen-bond donors (Lipinski definition) is 0. The summed E-state index contributed by atoms with van der Waals surface area (Å²) in [6.07, 6.45) is 6.89. The van der Waals surface area contributed by atoms with Crippen LogP contribution in [-0.4, -0.2) is 29.3 Å². The molecular weight excluding hydrogens is 152 g/mol. The number of hydroxylamine groups is 3. The number of quaternary nitrogens is 1. The molecule has 0 fully saturated rings. The van der Waals surface area contributed by atoms with Crippen molar-refractivity contribution in [3.8, 4) is 0 Å². The van der Waals surface area contributed by atoms with Crippen molar-refractivity contribution in [3.05, 3.63) is 42.9 Å². The predicted molar refractivity (Wildman–Crippen MR) is 49.6 cm³/mol. The first-order valence-electron chi connectivity index (χ1n) is 3.93. The van der Waals surface area contributed by atoms with Gasteiger partial charge in [-0.15, -0.1) is 6.58 Å². The van der Waals surface area contributed by atoms with E-state index in [1.165, 1.54) is 0 Å². The van der Waals surface area contributed by atoms with E-state index in [0.717, 1.165) is 6.54 Å². The van der Waals surface area contributed by atoms with Crippen LogP contribution in [0.3, 0.4) is 0 Å². The molecule has 0 saturated carbocycles. The lowest BCUT2D eigenvalue weighted by Gasteiger charge is -2.35. The molecule has 0 radical (unpaired) electrons. The highest BCUT2D eigenvalue weighted by atomic mass is 16.5. The van der Waals surface area contributed by atoms with E-state index < -0.39 is 0 Å². The molecule has 1 heterocycles. The Balaban J connectivity index is 2.49. The summed E-state index contributed by atoms with van der Waals surface area (Å²) >= 11 is 0. The van der Waals surface area contributed by atoms with Crippen LogP contribution in [0.4, 0.5) is 0 Å². The monoisotopic (exact) mass is 166 g/mol. The summed E-state index contributed by atoms with van der Waals surface area (Å²) in [7, 11) is 0. The molecule has 0 N–H and O–H groups in total. The Bertz CT molecular complexity index is 213. The topological polar surface area (TPSA) is 26.3 Å². The van der Waals surface area contributed by atoms with Gasteiger partial charge in [-0.3, -0.25) is 0 Å². The van der Waals surface area contributed by atoms with E-state index in [4.69, 9.17) is 0 Å². The molecule has 0 saturated heterocycles. The number of hydrogen-bond acceptors (Lipinski definition) is 2. The van der Waals surface area contributed by atoms with Crippen LogP contribution in [0.25, 0.3) is 0 Å². The number of rotatable bonds is 4. The van der Waals surface area contributed by atoms with Gasteiger partial charge in [0.1, 0.15) is 12.7 Å². The summed E-state index contributed by atoms with van der Waals surface area (Å²) in [6.45, 7) is 8.80. The van der Waals surface area contributed by atoms with Gasteiger partial charge in [0.15, 0.2) is 6.67 Å². The maximum absolute atomic E-state index is 11.7. The highest BCUT2D eigenvalue weighted by molar-refractivity contribution is 4.88. The van der Waals surface area contributed by atoms with Crippen LogP contribution < -0.4 is 0 Å². The highest BCUT2D eigenvalue weighted by Crippen LogP contribution is 2.15. The summed E-state index contributed by atoms with van der Waals surface area (Å²) in [5, 5.41) is 11.7. The van der Waals surface area contributed by atoms with Gasteiger partial charge in [-0.05, 0) is 6.08 Å². The van der Waals surface area contributed by atoms with Crippen molar-refractivity contribution < 1.29 is 4.65 Å². The Hall–Kier alpha value is -1.06. The molecular formula is C9H14N2O. The summed E-state index contributed by atoms with van der Waals surface area (Å²) in [5.74, 6) is 0. The van der Waals surface area contributed by atoms with Gasteiger partial charge in [0.25, 0.3) is 0 Å². The molecule has 66 valence electrons. The lowest BCUT2D eigenvalue weighted by Crippen LogP contribution is -2.39. The first-order chi connectivity index (χ1) is 5.70. The summed E-state index contributed by atoms with van der Waals surface area (Å²) < 4.78 is -0.322. The van der Waals surface area contributed by atoms with E-state index in [1.807, 2.05) is 11.1 Å². The average molecular weight is 166 g/mol. The van der Waals surface area contributed by atoms with Crippen LogP contribution in [0.5, 0.6) is 0 Å². The maximum Gasteiger partial charge on any atom is 0.158 e. The molecule has 0 aromatic carbocycles. The fraction of sp³-hybridized carbons (Fsp3) is 0.333. The van der Waals surface area contributed by atoms with Crippen molar-refractivity contribution in [1.82, 2.24) is 4.90 Å².